The van der Waals surface area contributed by atoms with Gasteiger partial charge in [0.1, 0.15) is 0 Å². The van der Waals surface area contributed by atoms with Crippen LogP contribution in [0.2, 0.25) is 0 Å². The molecule has 1 aromatic heterocycles. The highest BCUT2D eigenvalue weighted by Crippen LogP contribution is 2.19. The van der Waals surface area contributed by atoms with E-state index < -0.39 is 0 Å². The van der Waals surface area contributed by atoms with Crippen molar-refractivity contribution in [3.63, 3.8) is 0 Å². The zero-order chi connectivity index (χ0) is 14.4. The van der Waals surface area contributed by atoms with Crippen LogP contribution in [0.3, 0.4) is 0 Å². The first-order valence-corrected chi connectivity index (χ1v) is 7.40. The van der Waals surface area contributed by atoms with E-state index in [0.717, 1.165) is 25.1 Å². The highest BCUT2D eigenvalue weighted by molar-refractivity contribution is 5.26. The van der Waals surface area contributed by atoms with E-state index in [-0.39, 0.29) is 0 Å². The van der Waals surface area contributed by atoms with E-state index in [1.165, 1.54) is 16.7 Å². The van der Waals surface area contributed by atoms with Crippen molar-refractivity contribution < 1.29 is 0 Å². The Morgan fingerprint density at radius 2 is 2.00 bits per heavy atom. The summed E-state index contributed by atoms with van der Waals surface area (Å²) in [5, 5.41) is 3.63. The van der Waals surface area contributed by atoms with Crippen molar-refractivity contribution in [3.8, 4) is 0 Å². The molecule has 0 radical (unpaired) electrons. The molecule has 0 saturated carbocycles. The Hall–Kier alpha value is -1.67. The molecule has 1 heterocycles. The van der Waals surface area contributed by atoms with E-state index in [1.807, 2.05) is 13.1 Å². The van der Waals surface area contributed by atoms with Gasteiger partial charge in [0.2, 0.25) is 0 Å². The van der Waals surface area contributed by atoms with Crippen molar-refractivity contribution in [3.05, 3.63) is 65.0 Å². The van der Waals surface area contributed by atoms with Crippen LogP contribution in [0.25, 0.3) is 0 Å². The highest BCUT2D eigenvalue weighted by atomic mass is 14.9. The maximum absolute atomic E-state index is 4.43. The Morgan fingerprint density at radius 3 is 2.65 bits per heavy atom. The summed E-state index contributed by atoms with van der Waals surface area (Å²) in [6, 6.07) is 13.4. The second-order valence-corrected chi connectivity index (χ2v) is 5.43. The van der Waals surface area contributed by atoms with E-state index in [9.17, 15) is 0 Å². The molecule has 0 amide bonds. The van der Waals surface area contributed by atoms with Gasteiger partial charge in [-0.15, -0.1) is 0 Å². The molecule has 0 bridgehead atoms. The molecule has 2 rings (SSSR count). The molecule has 0 fully saturated rings. The minimum absolute atomic E-state index is 0.338. The van der Waals surface area contributed by atoms with Crippen LogP contribution in [0.4, 0.5) is 0 Å². The van der Waals surface area contributed by atoms with Gasteiger partial charge in [-0.05, 0) is 50.4 Å². The van der Waals surface area contributed by atoms with E-state index in [1.54, 1.807) is 0 Å². The summed E-state index contributed by atoms with van der Waals surface area (Å²) in [6.07, 6.45) is 4.15. The Bertz CT molecular complexity index is 531. The SMILES string of the molecule is CCCNC(Cc1cccc(C)c1)c1ccc(C)nc1. The molecule has 0 aliphatic carbocycles. The summed E-state index contributed by atoms with van der Waals surface area (Å²) >= 11 is 0. The van der Waals surface area contributed by atoms with Crippen LogP contribution in [0.5, 0.6) is 0 Å². The fourth-order valence-corrected chi connectivity index (χ4v) is 2.39. The molecule has 1 N–H and O–H groups in total. The average Bonchev–Trinajstić information content (AvgIpc) is 2.44. The fourth-order valence-electron chi connectivity index (χ4n) is 2.39. The number of aromatic nitrogens is 1. The summed E-state index contributed by atoms with van der Waals surface area (Å²) in [6.45, 7) is 7.40. The Labute approximate surface area is 122 Å². The molecule has 1 aromatic carbocycles. The van der Waals surface area contributed by atoms with E-state index in [2.05, 4.69) is 60.5 Å². The first-order valence-electron chi connectivity index (χ1n) is 7.40. The van der Waals surface area contributed by atoms with Gasteiger partial charge in [0.05, 0.1) is 0 Å². The largest absolute Gasteiger partial charge is 0.310 e. The van der Waals surface area contributed by atoms with Crippen LogP contribution in [0, 0.1) is 13.8 Å². The first kappa shape index (κ1) is 14.7. The van der Waals surface area contributed by atoms with Gasteiger partial charge in [-0.3, -0.25) is 4.98 Å². The van der Waals surface area contributed by atoms with Crippen molar-refractivity contribution in [2.75, 3.05) is 6.54 Å². The Kier molecular flexibility index (Phi) is 5.31. The topological polar surface area (TPSA) is 24.9 Å². The van der Waals surface area contributed by atoms with Crippen molar-refractivity contribution >= 4 is 0 Å². The quantitative estimate of drug-likeness (QED) is 0.857. The third kappa shape index (κ3) is 4.17. The van der Waals surface area contributed by atoms with Crippen LogP contribution in [0.1, 0.15) is 41.8 Å². The lowest BCUT2D eigenvalue weighted by molar-refractivity contribution is 0.527. The minimum Gasteiger partial charge on any atom is -0.310 e. The molecule has 106 valence electrons. The molecule has 0 saturated heterocycles. The number of pyridine rings is 1. The van der Waals surface area contributed by atoms with E-state index >= 15 is 0 Å². The number of hydrogen-bond acceptors (Lipinski definition) is 2. The molecular formula is C18H24N2. The maximum atomic E-state index is 4.43. The minimum atomic E-state index is 0.338. The highest BCUT2D eigenvalue weighted by Gasteiger charge is 2.12. The Balaban J connectivity index is 2.16. The summed E-state index contributed by atoms with van der Waals surface area (Å²) in [7, 11) is 0. The lowest BCUT2D eigenvalue weighted by Gasteiger charge is -2.19. The third-order valence-electron chi connectivity index (χ3n) is 3.50. The molecular weight excluding hydrogens is 244 g/mol. The number of hydrogen-bond donors (Lipinski definition) is 1. The van der Waals surface area contributed by atoms with Crippen LogP contribution in [-0.4, -0.2) is 11.5 Å². The van der Waals surface area contributed by atoms with Gasteiger partial charge in [0, 0.05) is 17.9 Å². The van der Waals surface area contributed by atoms with Crippen LogP contribution < -0.4 is 5.32 Å². The number of nitrogens with one attached hydrogen (secondary N) is 1. The van der Waals surface area contributed by atoms with E-state index in [4.69, 9.17) is 0 Å². The normalized spacial score (nSPS) is 12.3. The third-order valence-corrected chi connectivity index (χ3v) is 3.50. The molecule has 0 aliphatic heterocycles. The molecule has 2 heteroatoms. The molecule has 1 atom stereocenters. The second-order valence-electron chi connectivity index (χ2n) is 5.43. The first-order chi connectivity index (χ1) is 9.69. The lowest BCUT2D eigenvalue weighted by Crippen LogP contribution is -2.24. The van der Waals surface area contributed by atoms with Crippen molar-refractivity contribution in [1.82, 2.24) is 10.3 Å². The van der Waals surface area contributed by atoms with Gasteiger partial charge < -0.3 is 5.32 Å². The van der Waals surface area contributed by atoms with Gasteiger partial charge in [-0.25, -0.2) is 0 Å². The number of aryl methyl sites for hydroxylation is 2. The standard InChI is InChI=1S/C18H24N2/c1-4-10-19-18(17-9-8-15(3)20-13-17)12-16-7-5-6-14(2)11-16/h5-9,11,13,18-19H,4,10,12H2,1-3H3. The fraction of sp³-hybridized carbons (Fsp3) is 0.389. The van der Waals surface area contributed by atoms with Crippen LogP contribution >= 0.6 is 0 Å². The van der Waals surface area contributed by atoms with E-state index in [0.29, 0.717) is 6.04 Å². The van der Waals surface area contributed by atoms with Gasteiger partial charge in [-0.1, -0.05) is 42.8 Å². The predicted octanol–water partition coefficient (Wildman–Crippen LogP) is 3.98. The lowest BCUT2D eigenvalue weighted by atomic mass is 9.98. The van der Waals surface area contributed by atoms with Gasteiger partial charge in [-0.2, -0.15) is 0 Å². The summed E-state index contributed by atoms with van der Waals surface area (Å²) in [5.74, 6) is 0. The van der Waals surface area contributed by atoms with Crippen molar-refractivity contribution in [2.24, 2.45) is 0 Å². The summed E-state index contributed by atoms with van der Waals surface area (Å²) < 4.78 is 0. The summed E-state index contributed by atoms with van der Waals surface area (Å²) in [5.41, 5.74) is 5.03. The smallest absolute Gasteiger partial charge is 0.0376 e. The van der Waals surface area contributed by atoms with Gasteiger partial charge in [0.15, 0.2) is 0 Å². The van der Waals surface area contributed by atoms with Crippen LogP contribution in [0.15, 0.2) is 42.6 Å². The van der Waals surface area contributed by atoms with Gasteiger partial charge >= 0.3 is 0 Å². The molecule has 2 aromatic rings. The van der Waals surface area contributed by atoms with Crippen LogP contribution in [-0.2, 0) is 6.42 Å². The van der Waals surface area contributed by atoms with Gasteiger partial charge in [0.25, 0.3) is 0 Å². The zero-order valence-electron chi connectivity index (χ0n) is 12.7. The molecule has 20 heavy (non-hydrogen) atoms. The molecule has 0 spiro atoms. The van der Waals surface area contributed by atoms with Crippen molar-refractivity contribution in [2.45, 2.75) is 39.7 Å². The van der Waals surface area contributed by atoms with Crippen molar-refractivity contribution in [1.29, 1.82) is 0 Å². The second kappa shape index (κ2) is 7.20. The Morgan fingerprint density at radius 1 is 1.15 bits per heavy atom. The monoisotopic (exact) mass is 268 g/mol. The number of rotatable bonds is 6. The zero-order valence-corrected chi connectivity index (χ0v) is 12.7. The molecule has 2 nitrogen and oxygen atoms in total. The number of nitrogens with zero attached hydrogens (tertiary/aromatic N) is 1. The molecule has 0 aliphatic rings. The predicted molar refractivity (Wildman–Crippen MR) is 84.9 cm³/mol. The molecule has 1 unspecified atom stereocenters. The summed E-state index contributed by atoms with van der Waals surface area (Å²) in [4.78, 5) is 4.43. The maximum Gasteiger partial charge on any atom is 0.0376 e. The average molecular weight is 268 g/mol. The number of benzene rings is 1.